The average molecular weight is 266 g/mol. The molecule has 1 amide bonds. The second kappa shape index (κ2) is 6.21. The summed E-state index contributed by atoms with van der Waals surface area (Å²) in [5, 5.41) is 0. The maximum Gasteiger partial charge on any atom is 0.223 e. The number of hydrogen-bond acceptors (Lipinski definition) is 4. The van der Waals surface area contributed by atoms with Crippen molar-refractivity contribution < 1.29 is 13.9 Å². The number of carbonyl (C=O) groups is 1. The Bertz CT molecular complexity index is 430. The number of carbonyl (C=O) groups excluding carboxylic acids is 1. The Labute approximate surface area is 113 Å². The highest BCUT2D eigenvalue weighted by Crippen LogP contribution is 2.31. The largest absolute Gasteiger partial charge is 0.464 e. The standard InChI is InChI=1S/C14H22N2O3/c1-10-6-7-12(19-10)14-11(15)4-3-5-13(17)16(14)8-9-18-2/h6-7,11,14H,3-5,8-9,15H2,1-2H3. The minimum absolute atomic E-state index is 0.0890. The highest BCUT2D eigenvalue weighted by atomic mass is 16.5. The van der Waals surface area contributed by atoms with Crippen LogP contribution in [-0.2, 0) is 9.53 Å². The van der Waals surface area contributed by atoms with Crippen molar-refractivity contribution in [3.8, 4) is 0 Å². The zero-order chi connectivity index (χ0) is 13.8. The van der Waals surface area contributed by atoms with E-state index in [0.29, 0.717) is 19.6 Å². The molecule has 0 aliphatic carbocycles. The summed E-state index contributed by atoms with van der Waals surface area (Å²) in [4.78, 5) is 14.0. The molecular weight excluding hydrogens is 244 g/mol. The number of hydrogen-bond donors (Lipinski definition) is 1. The zero-order valence-electron chi connectivity index (χ0n) is 11.6. The third-order valence-electron chi connectivity index (χ3n) is 3.58. The maximum absolute atomic E-state index is 12.2. The number of aryl methyl sites for hydroxylation is 1. The quantitative estimate of drug-likeness (QED) is 0.899. The van der Waals surface area contributed by atoms with Crippen LogP contribution in [0, 0.1) is 6.92 Å². The monoisotopic (exact) mass is 266 g/mol. The topological polar surface area (TPSA) is 68.7 Å². The van der Waals surface area contributed by atoms with Gasteiger partial charge < -0.3 is 19.8 Å². The molecule has 2 atom stereocenters. The Morgan fingerprint density at radius 3 is 2.95 bits per heavy atom. The Morgan fingerprint density at radius 1 is 1.53 bits per heavy atom. The lowest BCUT2D eigenvalue weighted by Gasteiger charge is -2.32. The lowest BCUT2D eigenvalue weighted by atomic mass is 10.0. The normalized spacial score (nSPS) is 24.6. The summed E-state index contributed by atoms with van der Waals surface area (Å²) in [5.74, 6) is 1.74. The Balaban J connectivity index is 2.27. The summed E-state index contributed by atoms with van der Waals surface area (Å²) in [6.07, 6.45) is 2.22. The maximum atomic E-state index is 12.2. The Kier molecular flexibility index (Phi) is 4.61. The molecule has 0 aromatic carbocycles. The number of methoxy groups -OCH3 is 1. The van der Waals surface area contributed by atoms with Crippen LogP contribution >= 0.6 is 0 Å². The van der Waals surface area contributed by atoms with Crippen LogP contribution in [-0.4, -0.2) is 37.1 Å². The highest BCUT2D eigenvalue weighted by molar-refractivity contribution is 5.77. The molecule has 1 saturated heterocycles. The number of nitrogens with two attached hydrogens (primary N) is 1. The second-order valence-corrected chi connectivity index (χ2v) is 5.03. The lowest BCUT2D eigenvalue weighted by Crippen LogP contribution is -2.43. The molecule has 0 saturated carbocycles. The molecule has 1 aliphatic rings. The van der Waals surface area contributed by atoms with E-state index in [4.69, 9.17) is 14.9 Å². The van der Waals surface area contributed by atoms with Crippen LogP contribution in [0.4, 0.5) is 0 Å². The van der Waals surface area contributed by atoms with Crippen LogP contribution in [0.1, 0.15) is 36.8 Å². The van der Waals surface area contributed by atoms with Gasteiger partial charge in [-0.15, -0.1) is 0 Å². The Hall–Kier alpha value is -1.33. The number of amides is 1. The van der Waals surface area contributed by atoms with Crippen LogP contribution < -0.4 is 5.73 Å². The number of nitrogens with zero attached hydrogens (tertiary/aromatic N) is 1. The van der Waals surface area contributed by atoms with E-state index in [1.165, 1.54) is 0 Å². The molecule has 2 unspecified atom stereocenters. The van der Waals surface area contributed by atoms with E-state index in [2.05, 4.69) is 0 Å². The number of ether oxygens (including phenoxy) is 1. The van der Waals surface area contributed by atoms with Crippen LogP contribution in [0.2, 0.25) is 0 Å². The number of likely N-dealkylation sites (tertiary alicyclic amines) is 1. The van der Waals surface area contributed by atoms with Gasteiger partial charge in [0.25, 0.3) is 0 Å². The molecule has 1 aliphatic heterocycles. The van der Waals surface area contributed by atoms with Gasteiger partial charge in [0.1, 0.15) is 17.6 Å². The molecule has 1 aromatic heterocycles. The van der Waals surface area contributed by atoms with E-state index >= 15 is 0 Å². The summed E-state index contributed by atoms with van der Waals surface area (Å²) in [6, 6.07) is 3.55. The molecule has 1 aromatic rings. The molecule has 5 heteroatoms. The second-order valence-electron chi connectivity index (χ2n) is 5.03. The fourth-order valence-electron chi connectivity index (χ4n) is 2.61. The van der Waals surface area contributed by atoms with Gasteiger partial charge in [-0.25, -0.2) is 0 Å². The van der Waals surface area contributed by atoms with Crippen LogP contribution in [0.5, 0.6) is 0 Å². The van der Waals surface area contributed by atoms with Gasteiger partial charge in [-0.3, -0.25) is 4.79 Å². The minimum atomic E-state index is -0.182. The van der Waals surface area contributed by atoms with E-state index in [0.717, 1.165) is 24.4 Å². The summed E-state index contributed by atoms with van der Waals surface area (Å²) < 4.78 is 10.8. The molecule has 0 radical (unpaired) electrons. The van der Waals surface area contributed by atoms with Crippen LogP contribution in [0.25, 0.3) is 0 Å². The van der Waals surface area contributed by atoms with Crippen molar-refractivity contribution in [1.29, 1.82) is 0 Å². The fourth-order valence-corrected chi connectivity index (χ4v) is 2.61. The first-order valence-corrected chi connectivity index (χ1v) is 6.74. The highest BCUT2D eigenvalue weighted by Gasteiger charge is 2.34. The number of rotatable bonds is 4. The van der Waals surface area contributed by atoms with Crippen LogP contribution in [0.15, 0.2) is 16.5 Å². The van der Waals surface area contributed by atoms with Crippen LogP contribution in [0.3, 0.4) is 0 Å². The first-order valence-electron chi connectivity index (χ1n) is 6.74. The van der Waals surface area contributed by atoms with Crippen molar-refractivity contribution in [1.82, 2.24) is 4.90 Å². The molecule has 106 valence electrons. The average Bonchev–Trinajstić information content (AvgIpc) is 2.74. The summed E-state index contributed by atoms with van der Waals surface area (Å²) >= 11 is 0. The van der Waals surface area contributed by atoms with E-state index < -0.39 is 0 Å². The predicted molar refractivity (Wildman–Crippen MR) is 71.6 cm³/mol. The Morgan fingerprint density at radius 2 is 2.32 bits per heavy atom. The SMILES string of the molecule is COCCN1C(=O)CCCC(N)C1c1ccc(C)o1. The third kappa shape index (κ3) is 3.16. The van der Waals surface area contributed by atoms with Crippen molar-refractivity contribution in [3.05, 3.63) is 23.7 Å². The molecule has 5 nitrogen and oxygen atoms in total. The molecule has 2 rings (SSSR count). The minimum Gasteiger partial charge on any atom is -0.464 e. The van der Waals surface area contributed by atoms with Crippen molar-refractivity contribution >= 4 is 5.91 Å². The molecule has 19 heavy (non-hydrogen) atoms. The molecule has 1 fully saturated rings. The molecule has 2 heterocycles. The smallest absolute Gasteiger partial charge is 0.223 e. The van der Waals surface area contributed by atoms with Gasteiger partial charge in [0.2, 0.25) is 5.91 Å². The van der Waals surface area contributed by atoms with E-state index in [9.17, 15) is 4.79 Å². The van der Waals surface area contributed by atoms with Crippen molar-refractivity contribution in [3.63, 3.8) is 0 Å². The van der Waals surface area contributed by atoms with E-state index in [-0.39, 0.29) is 18.0 Å². The first-order chi connectivity index (χ1) is 9.13. The number of furan rings is 1. The van der Waals surface area contributed by atoms with Crippen molar-refractivity contribution in [2.45, 2.75) is 38.3 Å². The third-order valence-corrected chi connectivity index (χ3v) is 3.58. The first kappa shape index (κ1) is 14.1. The van der Waals surface area contributed by atoms with Gasteiger partial charge in [0.05, 0.1) is 6.61 Å². The summed E-state index contributed by atoms with van der Waals surface area (Å²) in [6.45, 7) is 2.95. The van der Waals surface area contributed by atoms with Crippen molar-refractivity contribution in [2.24, 2.45) is 5.73 Å². The summed E-state index contributed by atoms with van der Waals surface area (Å²) in [5.41, 5.74) is 6.25. The molecular formula is C14H22N2O3. The van der Waals surface area contributed by atoms with Gasteiger partial charge in [-0.1, -0.05) is 0 Å². The zero-order valence-corrected chi connectivity index (χ0v) is 11.6. The predicted octanol–water partition coefficient (Wildman–Crippen LogP) is 1.62. The van der Waals surface area contributed by atoms with Gasteiger partial charge >= 0.3 is 0 Å². The molecule has 2 N–H and O–H groups in total. The molecule has 0 bridgehead atoms. The van der Waals surface area contributed by atoms with Gasteiger partial charge in [-0.2, -0.15) is 0 Å². The van der Waals surface area contributed by atoms with Gasteiger partial charge in [0.15, 0.2) is 0 Å². The van der Waals surface area contributed by atoms with Gasteiger partial charge in [0, 0.05) is 26.1 Å². The lowest BCUT2D eigenvalue weighted by molar-refractivity contribution is -0.134. The van der Waals surface area contributed by atoms with E-state index in [1.54, 1.807) is 12.0 Å². The molecule has 0 spiro atoms. The van der Waals surface area contributed by atoms with Crippen molar-refractivity contribution in [2.75, 3.05) is 20.3 Å². The fraction of sp³-hybridized carbons (Fsp3) is 0.643. The summed E-state index contributed by atoms with van der Waals surface area (Å²) in [7, 11) is 1.63. The van der Waals surface area contributed by atoms with Gasteiger partial charge in [-0.05, 0) is 31.9 Å². The van der Waals surface area contributed by atoms with E-state index in [1.807, 2.05) is 19.1 Å².